The van der Waals surface area contributed by atoms with Crippen LogP contribution in [-0.2, 0) is 13.0 Å². The van der Waals surface area contributed by atoms with Crippen LogP contribution in [0.4, 0.5) is 5.82 Å². The first-order chi connectivity index (χ1) is 8.61. The Morgan fingerprint density at radius 1 is 1.44 bits per heavy atom. The lowest BCUT2D eigenvalue weighted by atomic mass is 10.1. The molecule has 0 aliphatic heterocycles. The van der Waals surface area contributed by atoms with Crippen LogP contribution in [-0.4, -0.2) is 20.0 Å². The van der Waals surface area contributed by atoms with E-state index in [4.69, 9.17) is 5.73 Å². The fraction of sp³-hybridized carbons (Fsp3) is 0.583. The molecule has 0 spiro atoms. The number of thiazole rings is 1. The molecule has 0 amide bonds. The summed E-state index contributed by atoms with van der Waals surface area (Å²) in [6.07, 6.45) is 2.17. The van der Waals surface area contributed by atoms with Gasteiger partial charge in [-0.15, -0.1) is 16.4 Å². The van der Waals surface area contributed by atoms with E-state index in [0.29, 0.717) is 18.3 Å². The Kier molecular flexibility index (Phi) is 3.96. The molecule has 0 aliphatic carbocycles. The molecule has 0 bridgehead atoms. The lowest BCUT2D eigenvalue weighted by Gasteiger charge is -2.08. The third kappa shape index (κ3) is 2.69. The van der Waals surface area contributed by atoms with E-state index in [0.717, 1.165) is 24.2 Å². The van der Waals surface area contributed by atoms with Crippen molar-refractivity contribution in [1.82, 2.24) is 20.0 Å². The van der Waals surface area contributed by atoms with Gasteiger partial charge in [0.05, 0.1) is 22.9 Å². The van der Waals surface area contributed by atoms with Crippen LogP contribution < -0.4 is 5.73 Å². The largest absolute Gasteiger partial charge is 0.381 e. The van der Waals surface area contributed by atoms with Crippen LogP contribution in [0.25, 0.3) is 0 Å². The lowest BCUT2D eigenvalue weighted by molar-refractivity contribution is 0.590. The lowest BCUT2D eigenvalue weighted by Crippen LogP contribution is -2.09. The van der Waals surface area contributed by atoms with Gasteiger partial charge < -0.3 is 5.73 Å². The summed E-state index contributed by atoms with van der Waals surface area (Å²) in [5.41, 5.74) is 7.86. The summed E-state index contributed by atoms with van der Waals surface area (Å²) >= 11 is 1.71. The van der Waals surface area contributed by atoms with E-state index in [1.807, 2.05) is 4.68 Å². The van der Waals surface area contributed by atoms with Gasteiger partial charge in [-0.3, -0.25) is 0 Å². The standard InChI is InChI=1S/C12H19N5S/c1-4-5-10-14-9(7-18-10)6-17-11(8(2)3)12(13)15-16-17/h7-8H,4-6,13H2,1-3H3. The van der Waals surface area contributed by atoms with Crippen molar-refractivity contribution in [3.05, 3.63) is 21.8 Å². The first-order valence-electron chi connectivity index (χ1n) is 6.24. The smallest absolute Gasteiger partial charge is 0.169 e. The average molecular weight is 265 g/mol. The second kappa shape index (κ2) is 5.48. The summed E-state index contributed by atoms with van der Waals surface area (Å²) in [5, 5.41) is 11.3. The second-order valence-corrected chi connectivity index (χ2v) is 5.60. The predicted octanol–water partition coefficient (Wildman–Crippen LogP) is 2.44. The van der Waals surface area contributed by atoms with Crippen molar-refractivity contribution < 1.29 is 0 Å². The molecule has 6 heteroatoms. The van der Waals surface area contributed by atoms with Gasteiger partial charge in [0.1, 0.15) is 0 Å². The van der Waals surface area contributed by atoms with Gasteiger partial charge >= 0.3 is 0 Å². The van der Waals surface area contributed by atoms with Gasteiger partial charge in [0, 0.05) is 5.38 Å². The first-order valence-corrected chi connectivity index (χ1v) is 7.12. The minimum absolute atomic E-state index is 0.314. The van der Waals surface area contributed by atoms with Crippen LogP contribution in [0.5, 0.6) is 0 Å². The van der Waals surface area contributed by atoms with Crippen molar-refractivity contribution in [1.29, 1.82) is 0 Å². The van der Waals surface area contributed by atoms with E-state index in [9.17, 15) is 0 Å². The maximum absolute atomic E-state index is 5.84. The summed E-state index contributed by atoms with van der Waals surface area (Å²) < 4.78 is 1.85. The third-order valence-electron chi connectivity index (χ3n) is 2.72. The fourth-order valence-corrected chi connectivity index (χ4v) is 2.84. The molecule has 0 radical (unpaired) electrons. The van der Waals surface area contributed by atoms with Crippen LogP contribution in [0.2, 0.25) is 0 Å². The fourth-order valence-electron chi connectivity index (χ4n) is 1.95. The molecule has 2 heterocycles. The molecule has 0 unspecified atom stereocenters. The highest BCUT2D eigenvalue weighted by molar-refractivity contribution is 7.09. The SMILES string of the molecule is CCCc1nc(Cn2nnc(N)c2C(C)C)cs1. The highest BCUT2D eigenvalue weighted by atomic mass is 32.1. The van der Waals surface area contributed by atoms with Gasteiger partial charge in [0.2, 0.25) is 0 Å². The van der Waals surface area contributed by atoms with E-state index in [-0.39, 0.29) is 0 Å². The molecule has 2 aromatic heterocycles. The maximum atomic E-state index is 5.84. The average Bonchev–Trinajstić information content (AvgIpc) is 2.87. The van der Waals surface area contributed by atoms with Crippen molar-refractivity contribution in [2.45, 2.75) is 46.1 Å². The Hall–Kier alpha value is -1.43. The molecule has 0 saturated carbocycles. The number of rotatable bonds is 5. The summed E-state index contributed by atoms with van der Waals surface area (Å²) in [6.45, 7) is 7.00. The number of aryl methyl sites for hydroxylation is 1. The summed E-state index contributed by atoms with van der Waals surface area (Å²) in [4.78, 5) is 4.59. The number of aromatic nitrogens is 4. The maximum Gasteiger partial charge on any atom is 0.169 e. The van der Waals surface area contributed by atoms with Gasteiger partial charge in [-0.25, -0.2) is 9.67 Å². The van der Waals surface area contributed by atoms with Crippen LogP contribution >= 0.6 is 11.3 Å². The predicted molar refractivity (Wildman–Crippen MR) is 73.7 cm³/mol. The molecule has 2 aromatic rings. The molecule has 0 saturated heterocycles. The Morgan fingerprint density at radius 2 is 2.22 bits per heavy atom. The molecule has 0 aliphatic rings. The topological polar surface area (TPSA) is 69.6 Å². The minimum atomic E-state index is 0.314. The van der Waals surface area contributed by atoms with Gasteiger partial charge in [-0.2, -0.15) is 0 Å². The molecule has 0 atom stereocenters. The van der Waals surface area contributed by atoms with E-state index < -0.39 is 0 Å². The van der Waals surface area contributed by atoms with Crippen molar-refractivity contribution in [2.75, 3.05) is 5.73 Å². The zero-order valence-corrected chi connectivity index (χ0v) is 11.9. The van der Waals surface area contributed by atoms with Gasteiger partial charge in [-0.05, 0) is 18.8 Å². The molecule has 0 fully saturated rings. The molecule has 2 rings (SSSR count). The number of anilines is 1. The number of nitrogens with two attached hydrogens (primary N) is 1. The Bertz CT molecular complexity index is 514. The van der Waals surface area contributed by atoms with E-state index >= 15 is 0 Å². The van der Waals surface area contributed by atoms with Crippen LogP contribution in [0, 0.1) is 0 Å². The van der Waals surface area contributed by atoms with Gasteiger partial charge in [-0.1, -0.05) is 26.0 Å². The monoisotopic (exact) mass is 265 g/mol. The second-order valence-electron chi connectivity index (χ2n) is 4.65. The number of hydrogen-bond donors (Lipinski definition) is 1. The summed E-state index contributed by atoms with van der Waals surface area (Å²) in [7, 11) is 0. The van der Waals surface area contributed by atoms with E-state index in [2.05, 4.69) is 41.4 Å². The van der Waals surface area contributed by atoms with Crippen LogP contribution in [0.15, 0.2) is 5.38 Å². The summed E-state index contributed by atoms with van der Waals surface area (Å²) in [5.74, 6) is 0.836. The van der Waals surface area contributed by atoms with Crippen molar-refractivity contribution in [3.63, 3.8) is 0 Å². The zero-order valence-electron chi connectivity index (χ0n) is 11.1. The van der Waals surface area contributed by atoms with E-state index in [1.165, 1.54) is 5.01 Å². The molecule has 0 aromatic carbocycles. The Morgan fingerprint density at radius 3 is 2.89 bits per heavy atom. The molecule has 2 N–H and O–H groups in total. The first kappa shape index (κ1) is 13.0. The van der Waals surface area contributed by atoms with Gasteiger partial charge in [0.15, 0.2) is 5.82 Å². The number of nitrogen functional groups attached to an aromatic ring is 1. The van der Waals surface area contributed by atoms with Crippen molar-refractivity contribution in [3.8, 4) is 0 Å². The molecular formula is C12H19N5S. The molecule has 18 heavy (non-hydrogen) atoms. The minimum Gasteiger partial charge on any atom is -0.381 e. The molecule has 98 valence electrons. The Labute approximate surface area is 111 Å². The third-order valence-corrected chi connectivity index (χ3v) is 3.68. The van der Waals surface area contributed by atoms with Gasteiger partial charge in [0.25, 0.3) is 0 Å². The van der Waals surface area contributed by atoms with E-state index in [1.54, 1.807) is 11.3 Å². The van der Waals surface area contributed by atoms with Crippen LogP contribution in [0.3, 0.4) is 0 Å². The highest BCUT2D eigenvalue weighted by Crippen LogP contribution is 2.20. The zero-order chi connectivity index (χ0) is 13.1. The van der Waals surface area contributed by atoms with Crippen molar-refractivity contribution in [2.24, 2.45) is 0 Å². The highest BCUT2D eigenvalue weighted by Gasteiger charge is 2.14. The molecular weight excluding hydrogens is 246 g/mol. The quantitative estimate of drug-likeness (QED) is 0.901. The Balaban J connectivity index is 2.17. The van der Waals surface area contributed by atoms with Crippen molar-refractivity contribution >= 4 is 17.2 Å². The van der Waals surface area contributed by atoms with Crippen LogP contribution in [0.1, 0.15) is 49.5 Å². The normalized spacial score (nSPS) is 11.3. The number of hydrogen-bond acceptors (Lipinski definition) is 5. The molecule has 5 nitrogen and oxygen atoms in total. The summed E-state index contributed by atoms with van der Waals surface area (Å²) in [6, 6.07) is 0. The number of nitrogens with zero attached hydrogens (tertiary/aromatic N) is 4.